The Morgan fingerprint density at radius 1 is 1.08 bits per heavy atom. The number of halogens is 4. The first-order valence-corrected chi connectivity index (χ1v) is 13.0. The molecule has 5 rings (SSSR count). The minimum Gasteiger partial charge on any atom is -0.352 e. The summed E-state index contributed by atoms with van der Waals surface area (Å²) < 4.78 is 54.7. The smallest absolute Gasteiger partial charge is 0.352 e. The van der Waals surface area contributed by atoms with E-state index in [0.29, 0.717) is 18.3 Å². The molecular formula is C28H34F4N2O2. The van der Waals surface area contributed by atoms with E-state index in [4.69, 9.17) is 0 Å². The number of hydrogen-bond donors (Lipinski definition) is 1. The van der Waals surface area contributed by atoms with E-state index in [-0.39, 0.29) is 41.3 Å². The Bertz CT molecular complexity index is 1100. The topological polar surface area (TPSA) is 49.4 Å². The monoisotopic (exact) mass is 506 g/mol. The minimum absolute atomic E-state index is 0.0238. The van der Waals surface area contributed by atoms with Gasteiger partial charge in [0.1, 0.15) is 0 Å². The van der Waals surface area contributed by atoms with Crippen molar-refractivity contribution in [1.29, 1.82) is 0 Å². The molecule has 0 saturated heterocycles. The summed E-state index contributed by atoms with van der Waals surface area (Å²) in [6.07, 6.45) is 2.09. The first kappa shape index (κ1) is 25.3. The van der Waals surface area contributed by atoms with Crippen molar-refractivity contribution in [2.24, 2.45) is 34.5 Å². The van der Waals surface area contributed by atoms with Gasteiger partial charge in [-0.25, -0.2) is 4.39 Å². The fourth-order valence-electron chi connectivity index (χ4n) is 8.52. The molecule has 3 aliphatic carbocycles. The van der Waals surface area contributed by atoms with Crippen LogP contribution in [0, 0.1) is 34.5 Å². The maximum atomic E-state index is 14.6. The van der Waals surface area contributed by atoms with E-state index in [1.165, 1.54) is 12.1 Å². The Kier molecular flexibility index (Phi) is 6.03. The first-order chi connectivity index (χ1) is 16.9. The molecule has 1 aliphatic heterocycles. The number of carbonyl (C=O) groups excluding carboxylic acids is 2. The third kappa shape index (κ3) is 3.77. The molecule has 1 heterocycles. The molecular weight excluding hydrogens is 472 g/mol. The number of alkyl halides is 3. The van der Waals surface area contributed by atoms with Crippen LogP contribution >= 0.6 is 0 Å². The van der Waals surface area contributed by atoms with E-state index in [0.717, 1.165) is 38.2 Å². The number of hydrogen-bond acceptors (Lipinski definition) is 2. The van der Waals surface area contributed by atoms with Gasteiger partial charge in [0, 0.05) is 31.0 Å². The number of amides is 2. The molecule has 8 heteroatoms. The van der Waals surface area contributed by atoms with Gasteiger partial charge in [0.15, 0.2) is 5.83 Å². The number of carbonyl (C=O) groups is 2. The molecule has 4 nitrogen and oxygen atoms in total. The molecule has 0 radical (unpaired) electrons. The molecule has 2 amide bonds. The van der Waals surface area contributed by atoms with Crippen LogP contribution in [0.4, 0.5) is 17.6 Å². The van der Waals surface area contributed by atoms with E-state index in [1.807, 2.05) is 0 Å². The highest BCUT2D eigenvalue weighted by Crippen LogP contribution is 2.65. The van der Waals surface area contributed by atoms with Crippen LogP contribution in [0.5, 0.6) is 0 Å². The maximum Gasteiger partial charge on any atom is 0.416 e. The normalized spacial score (nSPS) is 38.1. The molecule has 1 N–H and O–H groups in total. The molecule has 3 fully saturated rings. The van der Waals surface area contributed by atoms with Crippen LogP contribution in [0.3, 0.4) is 0 Å². The minimum atomic E-state index is -4.47. The third-order valence-corrected chi connectivity index (χ3v) is 10.2. The number of benzene rings is 1. The fourth-order valence-corrected chi connectivity index (χ4v) is 8.52. The Morgan fingerprint density at radius 2 is 1.81 bits per heavy atom. The molecule has 1 aromatic rings. The number of nitrogens with zero attached hydrogens (tertiary/aromatic N) is 1. The van der Waals surface area contributed by atoms with Crippen molar-refractivity contribution in [2.75, 3.05) is 7.05 Å². The van der Waals surface area contributed by atoms with Crippen LogP contribution in [0.25, 0.3) is 0 Å². The lowest BCUT2D eigenvalue weighted by molar-refractivity contribution is -0.145. The summed E-state index contributed by atoms with van der Waals surface area (Å²) in [6.45, 7) is 4.09. The molecule has 1 aromatic carbocycles. The molecule has 0 bridgehead atoms. The maximum absolute atomic E-state index is 14.6. The lowest BCUT2D eigenvalue weighted by Gasteiger charge is -2.60. The number of likely N-dealkylation sites (N-methyl/N-ethyl adjacent to an activating group) is 1. The zero-order valence-electron chi connectivity index (χ0n) is 21.0. The second-order valence-corrected chi connectivity index (χ2v) is 11.8. The average molecular weight is 507 g/mol. The van der Waals surface area contributed by atoms with Gasteiger partial charge in [-0.1, -0.05) is 32.0 Å². The quantitative estimate of drug-likeness (QED) is 0.521. The third-order valence-electron chi connectivity index (χ3n) is 10.2. The zero-order chi connectivity index (χ0) is 26.0. The second kappa shape index (κ2) is 8.59. The van der Waals surface area contributed by atoms with Crippen LogP contribution < -0.4 is 5.32 Å². The Balaban J connectivity index is 1.33. The standard InChI is InChI=1S/C28H34F4N2O2/c1-26-13-12-20-17(8-11-23-27(20,2)14-22(29)25(36)34(23)3)19(26)9-10-21(26)24(35)33-15-16-6-4-5-7-18(16)28(30,31)32/h4-7,14,17,19-21,23H,8-13,15H2,1-3H3,(H,33,35)/t17-,19-,20-,21+,23+,26-,27+/m0/s1. The predicted octanol–water partition coefficient (Wildman–Crippen LogP) is 5.87. The molecule has 0 spiro atoms. The second-order valence-electron chi connectivity index (χ2n) is 11.8. The lowest BCUT2D eigenvalue weighted by atomic mass is 9.47. The van der Waals surface area contributed by atoms with Crippen molar-refractivity contribution in [3.63, 3.8) is 0 Å². The molecule has 0 unspecified atom stereocenters. The van der Waals surface area contributed by atoms with Gasteiger partial charge in [-0.2, -0.15) is 13.2 Å². The predicted molar refractivity (Wildman–Crippen MR) is 127 cm³/mol. The van der Waals surface area contributed by atoms with Gasteiger partial charge in [-0.15, -0.1) is 0 Å². The lowest BCUT2D eigenvalue weighted by Crippen LogP contribution is -2.60. The van der Waals surface area contributed by atoms with Crippen molar-refractivity contribution in [1.82, 2.24) is 10.2 Å². The van der Waals surface area contributed by atoms with Gasteiger partial charge >= 0.3 is 6.18 Å². The highest BCUT2D eigenvalue weighted by molar-refractivity contribution is 5.92. The highest BCUT2D eigenvalue weighted by Gasteiger charge is 2.62. The summed E-state index contributed by atoms with van der Waals surface area (Å²) >= 11 is 0. The molecule has 196 valence electrons. The van der Waals surface area contributed by atoms with Gasteiger partial charge in [0.05, 0.1) is 5.56 Å². The number of rotatable bonds is 3. The van der Waals surface area contributed by atoms with E-state index in [2.05, 4.69) is 19.2 Å². The fraction of sp³-hybridized carbons (Fsp3) is 0.643. The zero-order valence-corrected chi connectivity index (χ0v) is 21.0. The van der Waals surface area contributed by atoms with Gasteiger partial charge in [0.25, 0.3) is 5.91 Å². The van der Waals surface area contributed by atoms with E-state index in [9.17, 15) is 27.2 Å². The van der Waals surface area contributed by atoms with Gasteiger partial charge in [-0.05, 0) is 79.4 Å². The van der Waals surface area contributed by atoms with E-state index in [1.54, 1.807) is 24.1 Å². The summed E-state index contributed by atoms with van der Waals surface area (Å²) in [5.41, 5.74) is -1.32. The van der Waals surface area contributed by atoms with E-state index < -0.39 is 28.9 Å². The number of nitrogens with one attached hydrogen (secondary N) is 1. The van der Waals surface area contributed by atoms with E-state index >= 15 is 0 Å². The molecule has 4 aliphatic rings. The van der Waals surface area contributed by atoms with Crippen LogP contribution in [-0.4, -0.2) is 29.8 Å². The summed E-state index contributed by atoms with van der Waals surface area (Å²) in [5.74, 6) is -0.782. The van der Waals surface area contributed by atoms with Crippen molar-refractivity contribution >= 4 is 11.8 Å². The van der Waals surface area contributed by atoms with Gasteiger partial charge in [0.2, 0.25) is 5.91 Å². The highest BCUT2D eigenvalue weighted by atomic mass is 19.4. The van der Waals surface area contributed by atoms with Crippen LogP contribution in [-0.2, 0) is 22.3 Å². The van der Waals surface area contributed by atoms with Gasteiger partial charge < -0.3 is 10.2 Å². The summed E-state index contributed by atoms with van der Waals surface area (Å²) in [4.78, 5) is 27.1. The molecule has 36 heavy (non-hydrogen) atoms. The van der Waals surface area contributed by atoms with Crippen molar-refractivity contribution in [3.8, 4) is 0 Å². The molecule has 0 aromatic heterocycles. The first-order valence-electron chi connectivity index (χ1n) is 13.0. The largest absolute Gasteiger partial charge is 0.416 e. The van der Waals surface area contributed by atoms with Crippen LogP contribution in [0.15, 0.2) is 36.2 Å². The van der Waals surface area contributed by atoms with Crippen molar-refractivity contribution in [2.45, 2.75) is 71.1 Å². The van der Waals surface area contributed by atoms with Crippen LogP contribution in [0.1, 0.15) is 63.5 Å². The number of fused-ring (bicyclic) bond motifs is 5. The summed E-state index contributed by atoms with van der Waals surface area (Å²) in [6, 6.07) is 5.33. The van der Waals surface area contributed by atoms with Crippen molar-refractivity contribution < 1.29 is 27.2 Å². The van der Waals surface area contributed by atoms with Gasteiger partial charge in [-0.3, -0.25) is 9.59 Å². The van der Waals surface area contributed by atoms with Crippen LogP contribution in [0.2, 0.25) is 0 Å². The van der Waals surface area contributed by atoms with Crippen molar-refractivity contribution in [3.05, 3.63) is 47.3 Å². The summed E-state index contributed by atoms with van der Waals surface area (Å²) in [5, 5.41) is 2.81. The SMILES string of the molecule is CN1C(=O)C(F)=C[C@]2(C)[C@H]3CC[C@]4(C)[C@@H](C(=O)NCc5ccccc5C(F)(F)F)CC[C@H]4[C@@H]3CC[C@@H]12. The molecule has 7 atom stereocenters. The Morgan fingerprint density at radius 3 is 2.53 bits per heavy atom. The molecule has 3 saturated carbocycles. The Labute approximate surface area is 209 Å². The average Bonchev–Trinajstić information content (AvgIpc) is 3.18. The Hall–Kier alpha value is -2.38. The summed E-state index contributed by atoms with van der Waals surface area (Å²) in [7, 11) is 1.69.